The Hall–Kier alpha value is -2.86. The second-order valence-corrected chi connectivity index (χ2v) is 6.73. The van der Waals surface area contributed by atoms with Gasteiger partial charge in [0.2, 0.25) is 0 Å². The molecule has 1 saturated heterocycles. The van der Waals surface area contributed by atoms with Gasteiger partial charge in [0.15, 0.2) is 11.4 Å². The lowest BCUT2D eigenvalue weighted by Gasteiger charge is -2.31. The van der Waals surface area contributed by atoms with Crippen molar-refractivity contribution < 1.29 is 9.53 Å². The van der Waals surface area contributed by atoms with Crippen LogP contribution in [0.1, 0.15) is 30.0 Å². The van der Waals surface area contributed by atoms with E-state index in [4.69, 9.17) is 15.5 Å². The van der Waals surface area contributed by atoms with Gasteiger partial charge in [-0.15, -0.1) is 0 Å². The molecule has 1 aliphatic rings. The number of primary amides is 1. The van der Waals surface area contributed by atoms with Gasteiger partial charge < -0.3 is 14.9 Å². The molecule has 26 heavy (non-hydrogen) atoms. The third kappa shape index (κ3) is 3.55. The van der Waals surface area contributed by atoms with Gasteiger partial charge in [-0.25, -0.2) is 9.78 Å². The number of amides is 1. The Morgan fingerprint density at radius 3 is 2.65 bits per heavy atom. The van der Waals surface area contributed by atoms with Gasteiger partial charge >= 0.3 is 6.09 Å². The summed E-state index contributed by atoms with van der Waals surface area (Å²) in [6.45, 7) is 3.10. The van der Waals surface area contributed by atoms with Crippen LogP contribution < -0.4 is 10.5 Å². The molecule has 134 valence electrons. The molecule has 1 aliphatic heterocycles. The van der Waals surface area contributed by atoms with Crippen molar-refractivity contribution in [3.05, 3.63) is 66.1 Å². The number of likely N-dealkylation sites (tertiary alicyclic amines) is 1. The topological polar surface area (TPSA) is 72.9 Å². The summed E-state index contributed by atoms with van der Waals surface area (Å²) in [6, 6.07) is 14.1. The number of carbonyl (C=O) groups is 1. The summed E-state index contributed by atoms with van der Waals surface area (Å²) in [5.41, 5.74) is 8.17. The van der Waals surface area contributed by atoms with E-state index in [1.807, 2.05) is 22.9 Å². The molecular formula is C20H22N4O2. The molecule has 6 heteroatoms. The van der Waals surface area contributed by atoms with E-state index in [0.29, 0.717) is 17.3 Å². The first-order valence-electron chi connectivity index (χ1n) is 8.90. The summed E-state index contributed by atoms with van der Waals surface area (Å²) >= 11 is 0. The number of nitrogens with two attached hydrogens (primary N) is 1. The number of pyridine rings is 1. The van der Waals surface area contributed by atoms with Crippen molar-refractivity contribution in [1.29, 1.82) is 0 Å². The van der Waals surface area contributed by atoms with Crippen molar-refractivity contribution in [3.63, 3.8) is 0 Å². The number of benzene rings is 1. The van der Waals surface area contributed by atoms with Gasteiger partial charge in [0.1, 0.15) is 0 Å². The maximum atomic E-state index is 11.1. The molecule has 2 N–H and O–H groups in total. The van der Waals surface area contributed by atoms with E-state index in [2.05, 4.69) is 35.2 Å². The van der Waals surface area contributed by atoms with Gasteiger partial charge in [-0.2, -0.15) is 0 Å². The Labute approximate surface area is 152 Å². The van der Waals surface area contributed by atoms with Crippen LogP contribution in [0.15, 0.2) is 54.9 Å². The average molecular weight is 350 g/mol. The predicted molar refractivity (Wildman–Crippen MR) is 99.1 cm³/mol. The van der Waals surface area contributed by atoms with E-state index < -0.39 is 6.09 Å². The molecule has 0 atom stereocenters. The minimum absolute atomic E-state index is 0.396. The fourth-order valence-corrected chi connectivity index (χ4v) is 3.62. The van der Waals surface area contributed by atoms with Gasteiger partial charge in [-0.05, 0) is 43.6 Å². The quantitative estimate of drug-likeness (QED) is 0.784. The smallest absolute Gasteiger partial charge is 0.406 e. The van der Waals surface area contributed by atoms with Crippen LogP contribution in [-0.4, -0.2) is 33.5 Å². The molecule has 0 unspecified atom stereocenters. The minimum atomic E-state index is -0.822. The summed E-state index contributed by atoms with van der Waals surface area (Å²) in [5.74, 6) is 0.816. The average Bonchev–Trinajstić information content (AvgIpc) is 3.08. The molecule has 0 spiro atoms. The second kappa shape index (κ2) is 7.17. The number of carbonyl (C=O) groups excluding carboxylic acids is 1. The number of nitrogens with zero attached hydrogens (tertiary/aromatic N) is 3. The molecule has 1 amide bonds. The highest BCUT2D eigenvalue weighted by atomic mass is 16.5. The van der Waals surface area contributed by atoms with Gasteiger partial charge in [-0.1, -0.05) is 30.3 Å². The number of fused-ring (bicyclic) bond motifs is 1. The zero-order valence-electron chi connectivity index (χ0n) is 14.5. The second-order valence-electron chi connectivity index (χ2n) is 6.73. The van der Waals surface area contributed by atoms with Gasteiger partial charge in [0.05, 0.1) is 5.69 Å². The normalized spacial score (nSPS) is 16.0. The number of imidazole rings is 1. The Balaban J connectivity index is 1.45. The highest BCUT2D eigenvalue weighted by Gasteiger charge is 2.23. The zero-order valence-corrected chi connectivity index (χ0v) is 14.5. The summed E-state index contributed by atoms with van der Waals surface area (Å²) in [6.07, 6.45) is 5.26. The monoisotopic (exact) mass is 350 g/mol. The molecule has 1 aromatic carbocycles. The first-order chi connectivity index (χ1) is 12.7. The molecule has 0 aliphatic carbocycles. The molecule has 0 bridgehead atoms. The minimum Gasteiger partial charge on any atom is -0.406 e. The van der Waals surface area contributed by atoms with Crippen molar-refractivity contribution in [2.24, 2.45) is 5.73 Å². The van der Waals surface area contributed by atoms with Gasteiger partial charge in [-0.3, -0.25) is 4.90 Å². The van der Waals surface area contributed by atoms with E-state index in [1.165, 1.54) is 5.56 Å². The lowest BCUT2D eigenvalue weighted by molar-refractivity contribution is 0.203. The van der Waals surface area contributed by atoms with Crippen LogP contribution in [0.25, 0.3) is 5.65 Å². The van der Waals surface area contributed by atoms with Crippen molar-refractivity contribution in [3.8, 4) is 5.75 Å². The summed E-state index contributed by atoms with van der Waals surface area (Å²) in [5, 5.41) is 0. The molecule has 3 aromatic rings. The molecule has 3 heterocycles. The maximum Gasteiger partial charge on any atom is 0.410 e. The third-order valence-electron chi connectivity index (χ3n) is 4.93. The molecule has 6 nitrogen and oxygen atoms in total. The maximum absolute atomic E-state index is 11.1. The standard InChI is InChI=1S/C20H22N4O2/c21-20(25)26-18-7-4-10-24-14-17(22-19(18)24)16-8-11-23(12-9-16)13-15-5-2-1-3-6-15/h1-7,10,14,16H,8-9,11-13H2,(H2,21,25). The largest absolute Gasteiger partial charge is 0.410 e. The molecule has 0 radical (unpaired) electrons. The number of hydrogen-bond donors (Lipinski definition) is 1. The van der Waals surface area contributed by atoms with Crippen LogP contribution in [0, 0.1) is 0 Å². The van der Waals surface area contributed by atoms with Crippen molar-refractivity contribution >= 4 is 11.7 Å². The van der Waals surface area contributed by atoms with Gasteiger partial charge in [0, 0.05) is 24.9 Å². The fourth-order valence-electron chi connectivity index (χ4n) is 3.62. The van der Waals surface area contributed by atoms with Crippen LogP contribution >= 0.6 is 0 Å². The Morgan fingerprint density at radius 2 is 1.92 bits per heavy atom. The van der Waals surface area contributed by atoms with E-state index >= 15 is 0 Å². The predicted octanol–water partition coefficient (Wildman–Crippen LogP) is 3.17. The highest BCUT2D eigenvalue weighted by molar-refractivity contribution is 5.71. The number of piperidine rings is 1. The number of ether oxygens (including phenoxy) is 1. The van der Waals surface area contributed by atoms with Crippen LogP contribution in [0.3, 0.4) is 0 Å². The van der Waals surface area contributed by atoms with Gasteiger partial charge in [0.25, 0.3) is 0 Å². The van der Waals surface area contributed by atoms with E-state index in [0.717, 1.165) is 38.2 Å². The van der Waals surface area contributed by atoms with Crippen molar-refractivity contribution in [1.82, 2.24) is 14.3 Å². The summed E-state index contributed by atoms with van der Waals surface area (Å²) in [4.78, 5) is 18.3. The molecular weight excluding hydrogens is 328 g/mol. The SMILES string of the molecule is NC(=O)Oc1cccn2cc(C3CCN(Cc4ccccc4)CC3)nc12. The molecule has 2 aromatic heterocycles. The Bertz CT molecular complexity index is 899. The molecule has 4 rings (SSSR count). The van der Waals surface area contributed by atoms with Crippen molar-refractivity contribution in [2.45, 2.75) is 25.3 Å². The van der Waals surface area contributed by atoms with Crippen LogP contribution in [0.5, 0.6) is 5.75 Å². The van der Waals surface area contributed by atoms with Crippen molar-refractivity contribution in [2.75, 3.05) is 13.1 Å². The Kier molecular flexibility index (Phi) is 4.58. The van der Waals surface area contributed by atoms with E-state index in [9.17, 15) is 4.79 Å². The fraction of sp³-hybridized carbons (Fsp3) is 0.300. The molecule has 0 saturated carbocycles. The first kappa shape index (κ1) is 16.6. The number of rotatable bonds is 4. The van der Waals surface area contributed by atoms with Crippen LogP contribution in [-0.2, 0) is 6.54 Å². The van der Waals surface area contributed by atoms with Crippen LogP contribution in [0.4, 0.5) is 4.79 Å². The highest BCUT2D eigenvalue weighted by Crippen LogP contribution is 2.30. The lowest BCUT2D eigenvalue weighted by Crippen LogP contribution is -2.32. The summed E-state index contributed by atoms with van der Waals surface area (Å²) < 4.78 is 6.95. The third-order valence-corrected chi connectivity index (χ3v) is 4.93. The Morgan fingerprint density at radius 1 is 1.15 bits per heavy atom. The lowest BCUT2D eigenvalue weighted by atomic mass is 9.94. The first-order valence-corrected chi connectivity index (χ1v) is 8.90. The number of hydrogen-bond acceptors (Lipinski definition) is 4. The molecule has 1 fully saturated rings. The number of aromatic nitrogens is 2. The van der Waals surface area contributed by atoms with E-state index in [-0.39, 0.29) is 0 Å². The van der Waals surface area contributed by atoms with E-state index in [1.54, 1.807) is 6.07 Å². The zero-order chi connectivity index (χ0) is 17.9. The summed E-state index contributed by atoms with van der Waals surface area (Å²) in [7, 11) is 0. The van der Waals surface area contributed by atoms with Crippen LogP contribution in [0.2, 0.25) is 0 Å².